The predicted octanol–water partition coefficient (Wildman–Crippen LogP) is 2.05. The Morgan fingerprint density at radius 2 is 2.32 bits per heavy atom. The third-order valence-electron chi connectivity index (χ3n) is 2.92. The summed E-state index contributed by atoms with van der Waals surface area (Å²) in [6.07, 6.45) is 4.31. The van der Waals surface area contributed by atoms with Gasteiger partial charge in [-0.1, -0.05) is 28.1 Å². The number of aliphatic hydroxyl groups excluding tert-OH is 1. The highest BCUT2D eigenvalue weighted by molar-refractivity contribution is 9.10. The molecule has 0 bridgehead atoms. The molecular weight excluding hydrogens is 306 g/mol. The third kappa shape index (κ3) is 4.45. The molecule has 0 radical (unpaired) electrons. The average molecular weight is 324 g/mol. The Bertz CT molecular complexity index is 527. The van der Waals surface area contributed by atoms with Crippen LogP contribution in [0.2, 0.25) is 0 Å². The van der Waals surface area contributed by atoms with E-state index in [0.717, 1.165) is 23.0 Å². The summed E-state index contributed by atoms with van der Waals surface area (Å²) < 4.78 is 2.78. The molecule has 1 aromatic heterocycles. The molecule has 4 nitrogen and oxygen atoms in total. The quantitative estimate of drug-likeness (QED) is 0.800. The van der Waals surface area contributed by atoms with Crippen LogP contribution in [0.3, 0.4) is 0 Å². The molecule has 102 valence electrons. The highest BCUT2D eigenvalue weighted by Crippen LogP contribution is 2.17. The van der Waals surface area contributed by atoms with E-state index in [9.17, 15) is 5.11 Å². The number of nitrogens with zero attached hydrogens (tertiary/aromatic N) is 2. The van der Waals surface area contributed by atoms with Crippen molar-refractivity contribution < 1.29 is 5.11 Å². The van der Waals surface area contributed by atoms with Crippen molar-refractivity contribution in [2.24, 2.45) is 7.05 Å². The van der Waals surface area contributed by atoms with E-state index >= 15 is 0 Å². The van der Waals surface area contributed by atoms with E-state index in [0.29, 0.717) is 6.54 Å². The van der Waals surface area contributed by atoms with Gasteiger partial charge >= 0.3 is 0 Å². The van der Waals surface area contributed by atoms with Crippen LogP contribution in [0.5, 0.6) is 0 Å². The van der Waals surface area contributed by atoms with Crippen LogP contribution in [-0.2, 0) is 13.5 Å². The summed E-state index contributed by atoms with van der Waals surface area (Å²) in [5.74, 6) is 0. The van der Waals surface area contributed by atoms with Crippen LogP contribution >= 0.6 is 15.9 Å². The van der Waals surface area contributed by atoms with Gasteiger partial charge in [-0.05, 0) is 36.2 Å². The number of hydrogen-bond donors (Lipinski definition) is 2. The number of hydrogen-bond acceptors (Lipinski definition) is 3. The zero-order valence-electron chi connectivity index (χ0n) is 10.9. The fraction of sp³-hybridized carbons (Fsp3) is 0.357. The molecule has 2 aromatic rings. The molecule has 2 rings (SSSR count). The Morgan fingerprint density at radius 1 is 1.47 bits per heavy atom. The summed E-state index contributed by atoms with van der Waals surface area (Å²) in [6, 6.07) is 7.75. The minimum atomic E-state index is -0.480. The van der Waals surface area contributed by atoms with Crippen LogP contribution < -0.4 is 5.32 Å². The van der Waals surface area contributed by atoms with Crippen LogP contribution in [-0.4, -0.2) is 28.0 Å². The number of benzene rings is 1. The van der Waals surface area contributed by atoms with Gasteiger partial charge in [0.1, 0.15) is 0 Å². The van der Waals surface area contributed by atoms with Crippen LogP contribution in [0, 0.1) is 0 Å². The van der Waals surface area contributed by atoms with Crippen molar-refractivity contribution >= 4 is 15.9 Å². The van der Waals surface area contributed by atoms with Gasteiger partial charge in [-0.2, -0.15) is 5.10 Å². The molecule has 1 aromatic carbocycles. The van der Waals surface area contributed by atoms with Crippen LogP contribution in [0.1, 0.15) is 17.2 Å². The first-order valence-corrected chi connectivity index (χ1v) is 7.06. The number of nitrogens with one attached hydrogen (secondary N) is 1. The molecule has 0 amide bonds. The Kier molecular flexibility index (Phi) is 5.13. The molecular formula is C14H18BrN3O. The molecule has 0 spiro atoms. The van der Waals surface area contributed by atoms with Crippen molar-refractivity contribution in [1.82, 2.24) is 15.1 Å². The van der Waals surface area contributed by atoms with Crippen LogP contribution in [0.15, 0.2) is 41.1 Å². The van der Waals surface area contributed by atoms with Crippen molar-refractivity contribution in [2.75, 3.05) is 13.1 Å². The lowest BCUT2D eigenvalue weighted by atomic mass is 10.1. The zero-order chi connectivity index (χ0) is 13.7. The van der Waals surface area contributed by atoms with E-state index in [2.05, 4.69) is 26.3 Å². The molecule has 0 aliphatic carbocycles. The molecule has 1 heterocycles. The Hall–Kier alpha value is -1.17. The molecule has 1 unspecified atom stereocenters. The number of aryl methyl sites for hydroxylation is 1. The maximum absolute atomic E-state index is 10.0. The van der Waals surface area contributed by atoms with E-state index in [1.54, 1.807) is 4.68 Å². The van der Waals surface area contributed by atoms with Crippen molar-refractivity contribution in [3.05, 3.63) is 52.3 Å². The van der Waals surface area contributed by atoms with Gasteiger partial charge in [0.2, 0.25) is 0 Å². The summed E-state index contributed by atoms with van der Waals surface area (Å²) in [7, 11) is 1.91. The van der Waals surface area contributed by atoms with Gasteiger partial charge in [-0.25, -0.2) is 0 Å². The van der Waals surface area contributed by atoms with Gasteiger partial charge < -0.3 is 10.4 Å². The molecule has 0 saturated heterocycles. The fourth-order valence-electron chi connectivity index (χ4n) is 1.90. The minimum absolute atomic E-state index is 0.480. The summed E-state index contributed by atoms with van der Waals surface area (Å²) in [6.45, 7) is 1.38. The molecule has 2 N–H and O–H groups in total. The molecule has 0 aliphatic heterocycles. The first-order valence-electron chi connectivity index (χ1n) is 6.27. The maximum Gasteiger partial charge on any atom is 0.0914 e. The first kappa shape index (κ1) is 14.2. The van der Waals surface area contributed by atoms with Gasteiger partial charge in [0.15, 0.2) is 0 Å². The van der Waals surface area contributed by atoms with Crippen molar-refractivity contribution in [3.8, 4) is 0 Å². The second kappa shape index (κ2) is 6.84. The molecule has 19 heavy (non-hydrogen) atoms. The predicted molar refractivity (Wildman–Crippen MR) is 78.9 cm³/mol. The monoisotopic (exact) mass is 323 g/mol. The molecule has 0 aliphatic rings. The van der Waals surface area contributed by atoms with Gasteiger partial charge in [-0.3, -0.25) is 4.68 Å². The standard InChI is InChI=1S/C14H18BrN3O/c1-18-10-11(8-17-18)5-6-16-9-14(19)12-3-2-4-13(15)7-12/h2-4,7-8,10,14,16,19H,5-6,9H2,1H3. The van der Waals surface area contributed by atoms with Crippen molar-refractivity contribution in [2.45, 2.75) is 12.5 Å². The number of halogens is 1. The van der Waals surface area contributed by atoms with Crippen LogP contribution in [0.25, 0.3) is 0 Å². The summed E-state index contributed by atoms with van der Waals surface area (Å²) in [4.78, 5) is 0. The first-order chi connectivity index (χ1) is 9.15. The fourth-order valence-corrected chi connectivity index (χ4v) is 2.32. The lowest BCUT2D eigenvalue weighted by Gasteiger charge is -2.12. The summed E-state index contributed by atoms with van der Waals surface area (Å²) >= 11 is 3.40. The van der Waals surface area contributed by atoms with Gasteiger partial charge in [0.25, 0.3) is 0 Å². The third-order valence-corrected chi connectivity index (χ3v) is 3.41. The number of aromatic nitrogens is 2. The van der Waals surface area contributed by atoms with E-state index in [-0.39, 0.29) is 0 Å². The average Bonchev–Trinajstić information content (AvgIpc) is 2.80. The van der Waals surface area contributed by atoms with Crippen molar-refractivity contribution in [1.29, 1.82) is 0 Å². The topological polar surface area (TPSA) is 50.1 Å². The number of aliphatic hydroxyl groups is 1. The highest BCUT2D eigenvalue weighted by Gasteiger charge is 2.07. The zero-order valence-corrected chi connectivity index (χ0v) is 12.5. The van der Waals surface area contributed by atoms with E-state index < -0.39 is 6.10 Å². The van der Waals surface area contributed by atoms with E-state index in [4.69, 9.17) is 0 Å². The van der Waals surface area contributed by atoms with E-state index in [1.165, 1.54) is 5.56 Å². The van der Waals surface area contributed by atoms with Crippen molar-refractivity contribution in [3.63, 3.8) is 0 Å². The SMILES string of the molecule is Cn1cc(CCNCC(O)c2cccc(Br)c2)cn1. The Balaban J connectivity index is 1.73. The Morgan fingerprint density at radius 3 is 3.00 bits per heavy atom. The number of rotatable bonds is 6. The lowest BCUT2D eigenvalue weighted by Crippen LogP contribution is -2.23. The van der Waals surface area contributed by atoms with Gasteiger partial charge in [0.05, 0.1) is 12.3 Å². The Labute approximate surface area is 121 Å². The molecule has 5 heteroatoms. The molecule has 0 fully saturated rings. The minimum Gasteiger partial charge on any atom is -0.387 e. The second-order valence-corrected chi connectivity index (χ2v) is 5.46. The van der Waals surface area contributed by atoms with E-state index in [1.807, 2.05) is 43.7 Å². The normalized spacial score (nSPS) is 12.6. The van der Waals surface area contributed by atoms with Gasteiger partial charge in [0, 0.05) is 24.3 Å². The maximum atomic E-state index is 10.0. The largest absolute Gasteiger partial charge is 0.387 e. The van der Waals surface area contributed by atoms with Gasteiger partial charge in [-0.15, -0.1) is 0 Å². The lowest BCUT2D eigenvalue weighted by molar-refractivity contribution is 0.175. The smallest absolute Gasteiger partial charge is 0.0914 e. The van der Waals surface area contributed by atoms with Crippen LogP contribution in [0.4, 0.5) is 0 Å². The summed E-state index contributed by atoms with van der Waals surface area (Å²) in [5, 5.41) is 17.4. The highest BCUT2D eigenvalue weighted by atomic mass is 79.9. The summed E-state index contributed by atoms with van der Waals surface area (Å²) in [5.41, 5.74) is 2.12. The molecule has 0 saturated carbocycles. The second-order valence-electron chi connectivity index (χ2n) is 4.55. The molecule has 1 atom stereocenters.